The standard InChI is InChI=1S/C22H21Cl2N3O3/c1-11-8-14(24)9-16-15(12(2)26-19(11)16)6-7-25-20(28)22(3)21(29)27-17-10-13(23)4-5-18(17)30-22/h4-5,8-10,26H,6-7H2,1-3H3,(H,25,28)(H,27,29). The molecule has 0 saturated carbocycles. The average Bonchev–Trinajstić information content (AvgIpc) is 2.99. The predicted octanol–water partition coefficient (Wildman–Crippen LogP) is 4.54. The molecule has 1 aliphatic rings. The molecule has 0 fully saturated rings. The Kier molecular flexibility index (Phi) is 5.16. The van der Waals surface area contributed by atoms with E-state index in [4.69, 9.17) is 27.9 Å². The topological polar surface area (TPSA) is 83.2 Å². The molecule has 1 aliphatic heterocycles. The van der Waals surface area contributed by atoms with Gasteiger partial charge in [0.15, 0.2) is 0 Å². The van der Waals surface area contributed by atoms with Gasteiger partial charge in [0, 0.05) is 33.2 Å². The smallest absolute Gasteiger partial charge is 0.278 e. The van der Waals surface area contributed by atoms with E-state index in [-0.39, 0.29) is 0 Å². The molecule has 30 heavy (non-hydrogen) atoms. The van der Waals surface area contributed by atoms with Gasteiger partial charge in [-0.3, -0.25) is 9.59 Å². The van der Waals surface area contributed by atoms with E-state index in [0.717, 1.165) is 27.7 Å². The zero-order valence-electron chi connectivity index (χ0n) is 16.8. The van der Waals surface area contributed by atoms with Crippen LogP contribution < -0.4 is 15.4 Å². The Morgan fingerprint density at radius 2 is 1.93 bits per heavy atom. The minimum atomic E-state index is -1.67. The van der Waals surface area contributed by atoms with Gasteiger partial charge in [0.25, 0.3) is 17.4 Å². The molecule has 0 bridgehead atoms. The molecule has 1 unspecified atom stereocenters. The number of hydrogen-bond acceptors (Lipinski definition) is 3. The molecule has 2 aromatic carbocycles. The Balaban J connectivity index is 1.49. The number of aryl methyl sites for hydroxylation is 2. The molecule has 3 N–H and O–H groups in total. The van der Waals surface area contributed by atoms with Crippen molar-refractivity contribution < 1.29 is 14.3 Å². The summed E-state index contributed by atoms with van der Waals surface area (Å²) in [4.78, 5) is 28.8. The van der Waals surface area contributed by atoms with E-state index >= 15 is 0 Å². The normalized spacial score (nSPS) is 18.0. The van der Waals surface area contributed by atoms with E-state index in [0.29, 0.717) is 34.4 Å². The fourth-order valence-electron chi connectivity index (χ4n) is 3.75. The van der Waals surface area contributed by atoms with E-state index < -0.39 is 17.4 Å². The number of benzene rings is 2. The molecule has 0 aliphatic carbocycles. The molecule has 0 radical (unpaired) electrons. The fourth-order valence-corrected chi connectivity index (χ4v) is 4.19. The van der Waals surface area contributed by atoms with E-state index in [9.17, 15) is 9.59 Å². The van der Waals surface area contributed by atoms with Gasteiger partial charge in [-0.15, -0.1) is 0 Å². The first-order valence-electron chi connectivity index (χ1n) is 9.54. The SMILES string of the molecule is Cc1[nH]c2c(C)cc(Cl)cc2c1CCNC(=O)C1(C)Oc2ccc(Cl)cc2NC1=O. The van der Waals surface area contributed by atoms with Crippen molar-refractivity contribution in [3.63, 3.8) is 0 Å². The van der Waals surface area contributed by atoms with Crippen LogP contribution in [0.1, 0.15) is 23.7 Å². The van der Waals surface area contributed by atoms with Crippen LogP contribution in [0, 0.1) is 13.8 Å². The Hall–Kier alpha value is -2.70. The number of ether oxygens (including phenoxy) is 1. The number of anilines is 1. The molecule has 2 amide bonds. The van der Waals surface area contributed by atoms with Crippen LogP contribution in [0.5, 0.6) is 5.75 Å². The largest absolute Gasteiger partial charge is 0.466 e. The third kappa shape index (κ3) is 3.50. The molecule has 3 aromatic rings. The highest BCUT2D eigenvalue weighted by molar-refractivity contribution is 6.31. The van der Waals surface area contributed by atoms with Crippen molar-refractivity contribution in [2.45, 2.75) is 32.8 Å². The van der Waals surface area contributed by atoms with Crippen LogP contribution in [0.4, 0.5) is 5.69 Å². The van der Waals surface area contributed by atoms with Crippen LogP contribution >= 0.6 is 23.2 Å². The van der Waals surface area contributed by atoms with Gasteiger partial charge in [0.1, 0.15) is 5.75 Å². The minimum absolute atomic E-state index is 0.345. The number of carbonyl (C=O) groups excluding carboxylic acids is 2. The number of nitrogens with one attached hydrogen (secondary N) is 3. The first kappa shape index (κ1) is 20.6. The van der Waals surface area contributed by atoms with Gasteiger partial charge in [-0.25, -0.2) is 0 Å². The number of aromatic amines is 1. The summed E-state index contributed by atoms with van der Waals surface area (Å²) in [6.45, 7) is 5.79. The first-order chi connectivity index (χ1) is 14.2. The molecule has 1 atom stereocenters. The van der Waals surface area contributed by atoms with Crippen molar-refractivity contribution in [3.05, 3.63) is 57.2 Å². The van der Waals surface area contributed by atoms with Gasteiger partial charge in [0.2, 0.25) is 0 Å². The van der Waals surface area contributed by atoms with Crippen molar-refractivity contribution in [2.75, 3.05) is 11.9 Å². The summed E-state index contributed by atoms with van der Waals surface area (Å²) in [5.74, 6) is -0.651. The lowest BCUT2D eigenvalue weighted by Crippen LogP contribution is -2.58. The van der Waals surface area contributed by atoms with Gasteiger partial charge in [0.05, 0.1) is 5.69 Å². The number of H-pyrrole nitrogens is 1. The summed E-state index contributed by atoms with van der Waals surface area (Å²) >= 11 is 12.2. The highest BCUT2D eigenvalue weighted by atomic mass is 35.5. The number of hydrogen-bond donors (Lipinski definition) is 3. The molecule has 0 saturated heterocycles. The number of aromatic nitrogens is 1. The third-order valence-electron chi connectivity index (χ3n) is 5.42. The Morgan fingerprint density at radius 3 is 2.70 bits per heavy atom. The number of halogens is 2. The second kappa shape index (κ2) is 7.52. The van der Waals surface area contributed by atoms with E-state index in [2.05, 4.69) is 15.6 Å². The number of rotatable bonds is 4. The van der Waals surface area contributed by atoms with Crippen molar-refractivity contribution >= 4 is 51.6 Å². The van der Waals surface area contributed by atoms with Gasteiger partial charge in [-0.1, -0.05) is 23.2 Å². The third-order valence-corrected chi connectivity index (χ3v) is 5.87. The molecular formula is C22H21Cl2N3O3. The van der Waals surface area contributed by atoms with Crippen LogP contribution in [0.15, 0.2) is 30.3 Å². The second-order valence-electron chi connectivity index (χ2n) is 7.61. The van der Waals surface area contributed by atoms with Gasteiger partial charge in [-0.2, -0.15) is 0 Å². The summed E-state index contributed by atoms with van der Waals surface area (Å²) in [7, 11) is 0. The van der Waals surface area contributed by atoms with Crippen LogP contribution in [-0.2, 0) is 16.0 Å². The summed E-state index contributed by atoms with van der Waals surface area (Å²) in [5.41, 5.74) is 2.98. The average molecular weight is 446 g/mol. The van der Waals surface area contributed by atoms with E-state index in [1.54, 1.807) is 18.2 Å². The maximum atomic E-state index is 12.8. The van der Waals surface area contributed by atoms with Crippen molar-refractivity contribution in [1.82, 2.24) is 10.3 Å². The lowest BCUT2D eigenvalue weighted by molar-refractivity contribution is -0.146. The zero-order valence-corrected chi connectivity index (χ0v) is 18.3. The van der Waals surface area contributed by atoms with Gasteiger partial charge in [-0.05, 0) is 68.7 Å². The molecule has 4 rings (SSSR count). The van der Waals surface area contributed by atoms with Crippen LogP contribution in [-0.4, -0.2) is 28.9 Å². The highest BCUT2D eigenvalue weighted by Gasteiger charge is 2.47. The summed E-state index contributed by atoms with van der Waals surface area (Å²) in [5, 5.41) is 7.69. The predicted molar refractivity (Wildman–Crippen MR) is 119 cm³/mol. The first-order valence-corrected chi connectivity index (χ1v) is 10.3. The molecule has 0 spiro atoms. The van der Waals surface area contributed by atoms with Crippen LogP contribution in [0.3, 0.4) is 0 Å². The molecular weight excluding hydrogens is 425 g/mol. The van der Waals surface area contributed by atoms with Gasteiger partial charge >= 0.3 is 0 Å². The quantitative estimate of drug-likeness (QED) is 0.515. The van der Waals surface area contributed by atoms with Crippen LogP contribution in [0.2, 0.25) is 10.0 Å². The molecule has 6 nitrogen and oxygen atoms in total. The summed E-state index contributed by atoms with van der Waals surface area (Å²) < 4.78 is 5.76. The Labute approximate surface area is 183 Å². The molecule has 156 valence electrons. The fraction of sp³-hybridized carbons (Fsp3) is 0.273. The molecule has 1 aromatic heterocycles. The van der Waals surface area contributed by atoms with Crippen molar-refractivity contribution in [3.8, 4) is 5.75 Å². The maximum absolute atomic E-state index is 12.8. The lowest BCUT2D eigenvalue weighted by atomic mass is 10.0. The zero-order chi connectivity index (χ0) is 21.6. The summed E-state index contributed by atoms with van der Waals surface area (Å²) in [6, 6.07) is 8.69. The lowest BCUT2D eigenvalue weighted by Gasteiger charge is -2.33. The molecule has 2 heterocycles. The number of amides is 2. The minimum Gasteiger partial charge on any atom is -0.466 e. The summed E-state index contributed by atoms with van der Waals surface area (Å²) in [6.07, 6.45) is 0.585. The Bertz CT molecular complexity index is 1190. The number of fused-ring (bicyclic) bond motifs is 2. The molecule has 8 heteroatoms. The van der Waals surface area contributed by atoms with E-state index in [1.165, 1.54) is 6.92 Å². The second-order valence-corrected chi connectivity index (χ2v) is 8.48. The van der Waals surface area contributed by atoms with Crippen molar-refractivity contribution in [2.24, 2.45) is 0 Å². The highest BCUT2D eigenvalue weighted by Crippen LogP contribution is 2.35. The van der Waals surface area contributed by atoms with Gasteiger partial charge < -0.3 is 20.4 Å². The Morgan fingerprint density at radius 1 is 1.17 bits per heavy atom. The monoisotopic (exact) mass is 445 g/mol. The number of carbonyl (C=O) groups is 2. The van der Waals surface area contributed by atoms with Crippen molar-refractivity contribution in [1.29, 1.82) is 0 Å². The maximum Gasteiger partial charge on any atom is 0.278 e. The van der Waals surface area contributed by atoms with Crippen LogP contribution in [0.25, 0.3) is 10.9 Å². The van der Waals surface area contributed by atoms with E-state index in [1.807, 2.05) is 26.0 Å².